The third kappa shape index (κ3) is 5.40. The highest BCUT2D eigenvalue weighted by molar-refractivity contribution is 5.79. The van der Waals surface area contributed by atoms with E-state index in [0.717, 1.165) is 37.3 Å². The first-order chi connectivity index (χ1) is 11.4. The summed E-state index contributed by atoms with van der Waals surface area (Å²) in [6, 6.07) is 5.64. The number of likely N-dealkylation sites (tertiary alicyclic amines) is 1. The Morgan fingerprint density at radius 3 is 2.50 bits per heavy atom. The van der Waals surface area contributed by atoms with Crippen molar-refractivity contribution in [2.75, 3.05) is 26.7 Å². The van der Waals surface area contributed by atoms with E-state index in [0.29, 0.717) is 18.5 Å². The number of nitrogens with zero attached hydrogens (tertiary/aromatic N) is 2. The van der Waals surface area contributed by atoms with E-state index in [9.17, 15) is 13.2 Å². The number of hydrogen-bond donors (Lipinski definition) is 2. The fraction of sp³-hybridized carbons (Fsp3) is 0.588. The van der Waals surface area contributed by atoms with E-state index in [-0.39, 0.29) is 0 Å². The zero-order valence-corrected chi connectivity index (χ0v) is 14.2. The van der Waals surface area contributed by atoms with E-state index in [4.69, 9.17) is 0 Å². The zero-order valence-electron chi connectivity index (χ0n) is 14.2. The summed E-state index contributed by atoms with van der Waals surface area (Å²) in [7, 11) is 2.12. The van der Waals surface area contributed by atoms with Crippen molar-refractivity contribution < 1.29 is 13.2 Å². The number of aliphatic imine (C=N–C) groups is 1. The summed E-state index contributed by atoms with van der Waals surface area (Å²) >= 11 is 0. The van der Waals surface area contributed by atoms with Crippen molar-refractivity contribution in [3.8, 4) is 0 Å². The monoisotopic (exact) mass is 342 g/mol. The Bertz CT molecular complexity index is 540. The van der Waals surface area contributed by atoms with Gasteiger partial charge in [-0.05, 0) is 51.1 Å². The van der Waals surface area contributed by atoms with Crippen LogP contribution in [0.25, 0.3) is 0 Å². The summed E-state index contributed by atoms with van der Waals surface area (Å²) in [4.78, 5) is 6.78. The lowest BCUT2D eigenvalue weighted by Gasteiger charge is -2.21. The second-order valence-electron chi connectivity index (χ2n) is 6.05. The fourth-order valence-corrected chi connectivity index (χ4v) is 2.76. The molecule has 1 unspecified atom stereocenters. The summed E-state index contributed by atoms with van der Waals surface area (Å²) in [6.07, 6.45) is -1.92. The molecule has 4 nitrogen and oxygen atoms in total. The summed E-state index contributed by atoms with van der Waals surface area (Å²) < 4.78 is 37.7. The van der Waals surface area contributed by atoms with Crippen molar-refractivity contribution in [3.05, 3.63) is 35.4 Å². The maximum Gasteiger partial charge on any atom is 0.416 e. The number of nitrogens with one attached hydrogen (secondary N) is 2. The quantitative estimate of drug-likeness (QED) is 0.638. The minimum absolute atomic E-state index is 0.341. The summed E-state index contributed by atoms with van der Waals surface area (Å²) in [5.74, 6) is 0.692. The SMILES string of the molecule is CCNC(=NCc1ccc(C(F)(F)F)cc1)NCC1CCCN1C. The number of likely N-dealkylation sites (N-methyl/N-ethyl adjacent to an activating group) is 1. The molecule has 1 aromatic carbocycles. The van der Waals surface area contributed by atoms with Gasteiger partial charge in [-0.15, -0.1) is 0 Å². The molecule has 1 saturated heterocycles. The Balaban J connectivity index is 1.92. The van der Waals surface area contributed by atoms with Gasteiger partial charge in [-0.3, -0.25) is 0 Å². The molecule has 1 aliphatic heterocycles. The van der Waals surface area contributed by atoms with Gasteiger partial charge in [0.1, 0.15) is 0 Å². The zero-order chi connectivity index (χ0) is 17.6. The molecule has 1 aliphatic rings. The van der Waals surface area contributed by atoms with Gasteiger partial charge in [0.2, 0.25) is 0 Å². The Hall–Kier alpha value is -1.76. The van der Waals surface area contributed by atoms with E-state index in [1.54, 1.807) is 0 Å². The van der Waals surface area contributed by atoms with E-state index in [1.807, 2.05) is 6.92 Å². The van der Waals surface area contributed by atoms with Gasteiger partial charge >= 0.3 is 6.18 Å². The number of halogens is 3. The summed E-state index contributed by atoms with van der Waals surface area (Å²) in [6.45, 7) is 4.99. The molecule has 0 spiro atoms. The Kier molecular flexibility index (Phi) is 6.48. The minimum Gasteiger partial charge on any atom is -0.357 e. The number of benzene rings is 1. The Morgan fingerprint density at radius 1 is 1.25 bits per heavy atom. The fourth-order valence-electron chi connectivity index (χ4n) is 2.76. The van der Waals surface area contributed by atoms with Crippen molar-refractivity contribution >= 4 is 5.96 Å². The lowest BCUT2D eigenvalue weighted by Crippen LogP contribution is -2.44. The third-order valence-electron chi connectivity index (χ3n) is 4.22. The molecule has 1 fully saturated rings. The lowest BCUT2D eigenvalue weighted by molar-refractivity contribution is -0.137. The maximum absolute atomic E-state index is 12.6. The van der Waals surface area contributed by atoms with Gasteiger partial charge < -0.3 is 15.5 Å². The predicted octanol–water partition coefficient (Wildman–Crippen LogP) is 2.85. The number of hydrogen-bond acceptors (Lipinski definition) is 2. The molecule has 0 bridgehead atoms. The van der Waals surface area contributed by atoms with Crippen LogP contribution in [0.15, 0.2) is 29.3 Å². The average Bonchev–Trinajstić information content (AvgIpc) is 2.95. The molecule has 0 aliphatic carbocycles. The lowest BCUT2D eigenvalue weighted by atomic mass is 10.1. The highest BCUT2D eigenvalue weighted by Crippen LogP contribution is 2.29. The molecule has 0 radical (unpaired) electrons. The Labute approximate surface area is 141 Å². The van der Waals surface area contributed by atoms with E-state index >= 15 is 0 Å². The number of rotatable bonds is 5. The van der Waals surface area contributed by atoms with E-state index in [2.05, 4.69) is 27.6 Å². The van der Waals surface area contributed by atoms with Gasteiger partial charge in [-0.25, -0.2) is 4.99 Å². The van der Waals surface area contributed by atoms with Gasteiger partial charge in [0.05, 0.1) is 12.1 Å². The molecular formula is C17H25F3N4. The van der Waals surface area contributed by atoms with Gasteiger partial charge in [0.15, 0.2) is 5.96 Å². The first kappa shape index (κ1) is 18.6. The van der Waals surface area contributed by atoms with Crippen LogP contribution in [-0.2, 0) is 12.7 Å². The standard InChI is InChI=1S/C17H25F3N4/c1-3-21-16(23-12-15-5-4-10-24(15)2)22-11-13-6-8-14(9-7-13)17(18,19)20/h6-9,15H,3-5,10-12H2,1-2H3,(H2,21,22,23). The van der Waals surface area contributed by atoms with Gasteiger partial charge in [0, 0.05) is 19.1 Å². The minimum atomic E-state index is -4.30. The van der Waals surface area contributed by atoms with Crippen molar-refractivity contribution in [1.82, 2.24) is 15.5 Å². The first-order valence-corrected chi connectivity index (χ1v) is 8.28. The van der Waals surface area contributed by atoms with Crippen molar-refractivity contribution in [1.29, 1.82) is 0 Å². The highest BCUT2D eigenvalue weighted by atomic mass is 19.4. The van der Waals surface area contributed by atoms with Gasteiger partial charge in [-0.1, -0.05) is 12.1 Å². The smallest absolute Gasteiger partial charge is 0.357 e. The molecule has 2 rings (SSSR count). The van der Waals surface area contributed by atoms with Gasteiger partial charge in [-0.2, -0.15) is 13.2 Å². The van der Waals surface area contributed by atoms with Gasteiger partial charge in [0.25, 0.3) is 0 Å². The normalized spacial score (nSPS) is 19.5. The molecule has 1 atom stereocenters. The molecule has 134 valence electrons. The van der Waals surface area contributed by atoms with Crippen molar-refractivity contribution in [2.45, 2.75) is 38.5 Å². The van der Waals surface area contributed by atoms with Crippen LogP contribution in [0.1, 0.15) is 30.9 Å². The van der Waals surface area contributed by atoms with Crippen molar-refractivity contribution in [2.24, 2.45) is 4.99 Å². The highest BCUT2D eigenvalue weighted by Gasteiger charge is 2.29. The van der Waals surface area contributed by atoms with Crippen LogP contribution >= 0.6 is 0 Å². The van der Waals surface area contributed by atoms with Crippen LogP contribution in [0.2, 0.25) is 0 Å². The van der Waals surface area contributed by atoms with Crippen LogP contribution < -0.4 is 10.6 Å². The molecule has 24 heavy (non-hydrogen) atoms. The molecular weight excluding hydrogens is 317 g/mol. The van der Waals surface area contributed by atoms with E-state index in [1.165, 1.54) is 25.0 Å². The average molecular weight is 342 g/mol. The van der Waals surface area contributed by atoms with Crippen LogP contribution in [-0.4, -0.2) is 43.6 Å². The number of alkyl halides is 3. The second kappa shape index (κ2) is 8.37. The van der Waals surface area contributed by atoms with Crippen molar-refractivity contribution in [3.63, 3.8) is 0 Å². The molecule has 1 heterocycles. The second-order valence-corrected chi connectivity index (χ2v) is 6.05. The topological polar surface area (TPSA) is 39.7 Å². The molecule has 2 N–H and O–H groups in total. The first-order valence-electron chi connectivity index (χ1n) is 8.28. The molecule has 0 aromatic heterocycles. The predicted molar refractivity (Wildman–Crippen MR) is 89.9 cm³/mol. The van der Waals surface area contributed by atoms with Crippen LogP contribution in [0.3, 0.4) is 0 Å². The molecule has 0 saturated carbocycles. The Morgan fingerprint density at radius 2 is 1.96 bits per heavy atom. The third-order valence-corrected chi connectivity index (χ3v) is 4.22. The molecule has 7 heteroatoms. The maximum atomic E-state index is 12.6. The summed E-state index contributed by atoms with van der Waals surface area (Å²) in [5.41, 5.74) is 0.114. The van der Waals surface area contributed by atoms with Crippen LogP contribution in [0.5, 0.6) is 0 Å². The van der Waals surface area contributed by atoms with Crippen LogP contribution in [0, 0.1) is 0 Å². The molecule has 0 amide bonds. The largest absolute Gasteiger partial charge is 0.416 e. The number of guanidine groups is 1. The molecule has 1 aromatic rings. The van der Waals surface area contributed by atoms with Crippen LogP contribution in [0.4, 0.5) is 13.2 Å². The van der Waals surface area contributed by atoms with E-state index < -0.39 is 11.7 Å². The summed E-state index contributed by atoms with van der Waals surface area (Å²) in [5, 5.41) is 6.48.